The third-order valence-corrected chi connectivity index (χ3v) is 6.16. The van der Waals surface area contributed by atoms with E-state index in [1.165, 1.54) is 5.56 Å². The highest BCUT2D eigenvalue weighted by Crippen LogP contribution is 2.23. The summed E-state index contributed by atoms with van der Waals surface area (Å²) in [5, 5.41) is 3.34. The molecule has 2 aromatic carbocycles. The molecule has 5 rings (SSSR count). The van der Waals surface area contributed by atoms with Crippen LogP contribution in [0.2, 0.25) is 0 Å². The Labute approximate surface area is 200 Å². The van der Waals surface area contributed by atoms with Crippen molar-refractivity contribution >= 4 is 23.5 Å². The Morgan fingerprint density at radius 2 is 1.44 bits per heavy atom. The second-order valence-corrected chi connectivity index (χ2v) is 8.46. The Morgan fingerprint density at radius 1 is 0.794 bits per heavy atom. The summed E-state index contributed by atoms with van der Waals surface area (Å²) in [6.07, 6.45) is 0. The van der Waals surface area contributed by atoms with E-state index in [1.54, 1.807) is 7.11 Å². The lowest BCUT2D eigenvalue weighted by molar-refractivity contribution is 0.122. The van der Waals surface area contributed by atoms with Crippen LogP contribution in [0, 0.1) is 0 Å². The molecule has 2 aliphatic rings. The van der Waals surface area contributed by atoms with Gasteiger partial charge < -0.3 is 24.6 Å². The standard InChI is InChI=1S/C25H31N7O2/c1-33-22-9-7-21(8-10-22)26-23-27-24(29-25(28-23)32-15-17-34-18-16-32)31-13-11-30(12-14-31)19-20-5-3-2-4-6-20/h2-10H,11-19H2,1H3,(H,26,27,28,29). The first-order chi connectivity index (χ1) is 16.8. The summed E-state index contributed by atoms with van der Waals surface area (Å²) in [5.41, 5.74) is 2.25. The molecule has 1 N–H and O–H groups in total. The number of methoxy groups -OCH3 is 1. The molecule has 0 amide bonds. The van der Waals surface area contributed by atoms with E-state index in [0.29, 0.717) is 31.1 Å². The van der Waals surface area contributed by atoms with Gasteiger partial charge >= 0.3 is 0 Å². The van der Waals surface area contributed by atoms with E-state index in [1.807, 2.05) is 24.3 Å². The van der Waals surface area contributed by atoms with Gasteiger partial charge in [-0.05, 0) is 29.8 Å². The first kappa shape index (κ1) is 22.4. The van der Waals surface area contributed by atoms with Crippen LogP contribution < -0.4 is 19.9 Å². The van der Waals surface area contributed by atoms with Crippen molar-refractivity contribution in [1.29, 1.82) is 0 Å². The number of hydrogen-bond donors (Lipinski definition) is 1. The van der Waals surface area contributed by atoms with Gasteiger partial charge in [-0.2, -0.15) is 15.0 Å². The van der Waals surface area contributed by atoms with Crippen LogP contribution in [-0.2, 0) is 11.3 Å². The van der Waals surface area contributed by atoms with Crippen molar-refractivity contribution in [1.82, 2.24) is 19.9 Å². The average molecular weight is 462 g/mol. The van der Waals surface area contributed by atoms with Gasteiger partial charge in [-0.3, -0.25) is 4.90 Å². The number of morpholine rings is 1. The molecule has 0 spiro atoms. The fourth-order valence-electron chi connectivity index (χ4n) is 4.21. The lowest BCUT2D eigenvalue weighted by atomic mass is 10.2. The van der Waals surface area contributed by atoms with Crippen LogP contribution in [0.3, 0.4) is 0 Å². The number of ether oxygens (including phenoxy) is 2. The molecule has 2 fully saturated rings. The first-order valence-electron chi connectivity index (χ1n) is 11.8. The van der Waals surface area contributed by atoms with Crippen molar-refractivity contribution in [2.45, 2.75) is 6.54 Å². The molecule has 9 nitrogen and oxygen atoms in total. The highest BCUT2D eigenvalue weighted by Gasteiger charge is 2.23. The number of benzene rings is 2. The first-order valence-corrected chi connectivity index (χ1v) is 11.8. The molecule has 0 aliphatic carbocycles. The van der Waals surface area contributed by atoms with Crippen molar-refractivity contribution in [2.75, 3.05) is 74.7 Å². The number of nitrogens with one attached hydrogen (secondary N) is 1. The molecule has 3 aromatic rings. The zero-order valence-corrected chi connectivity index (χ0v) is 19.6. The van der Waals surface area contributed by atoms with E-state index in [9.17, 15) is 0 Å². The molecule has 0 unspecified atom stereocenters. The quantitative estimate of drug-likeness (QED) is 0.571. The molecule has 2 aliphatic heterocycles. The second kappa shape index (κ2) is 10.7. The minimum atomic E-state index is 0.545. The number of anilines is 4. The van der Waals surface area contributed by atoms with Gasteiger partial charge in [0, 0.05) is 51.5 Å². The normalized spacial score (nSPS) is 17.0. The zero-order valence-electron chi connectivity index (χ0n) is 19.6. The lowest BCUT2D eigenvalue weighted by Gasteiger charge is -2.35. The van der Waals surface area contributed by atoms with E-state index in [4.69, 9.17) is 24.4 Å². The van der Waals surface area contributed by atoms with Crippen LogP contribution in [0.4, 0.5) is 23.5 Å². The van der Waals surface area contributed by atoms with Gasteiger partial charge in [-0.1, -0.05) is 30.3 Å². The molecule has 178 valence electrons. The van der Waals surface area contributed by atoms with Gasteiger partial charge in [0.25, 0.3) is 0 Å². The van der Waals surface area contributed by atoms with E-state index in [2.05, 4.69) is 50.3 Å². The molecule has 0 bridgehead atoms. The summed E-state index contributed by atoms with van der Waals surface area (Å²) >= 11 is 0. The maximum Gasteiger partial charge on any atom is 0.233 e. The molecular formula is C25H31N7O2. The zero-order chi connectivity index (χ0) is 23.2. The summed E-state index contributed by atoms with van der Waals surface area (Å²) in [5.74, 6) is 2.76. The lowest BCUT2D eigenvalue weighted by Crippen LogP contribution is -2.47. The van der Waals surface area contributed by atoms with E-state index in [-0.39, 0.29) is 0 Å². The minimum Gasteiger partial charge on any atom is -0.497 e. The van der Waals surface area contributed by atoms with Gasteiger partial charge in [0.1, 0.15) is 5.75 Å². The van der Waals surface area contributed by atoms with Crippen LogP contribution in [0.5, 0.6) is 5.75 Å². The van der Waals surface area contributed by atoms with Crippen LogP contribution in [0.1, 0.15) is 5.56 Å². The molecule has 1 aromatic heterocycles. The third kappa shape index (κ3) is 5.55. The number of piperazine rings is 1. The predicted octanol–water partition coefficient (Wildman–Crippen LogP) is 2.78. The number of hydrogen-bond acceptors (Lipinski definition) is 9. The van der Waals surface area contributed by atoms with Crippen LogP contribution in [0.25, 0.3) is 0 Å². The monoisotopic (exact) mass is 461 g/mol. The predicted molar refractivity (Wildman–Crippen MR) is 133 cm³/mol. The highest BCUT2D eigenvalue weighted by molar-refractivity contribution is 5.57. The number of nitrogens with zero attached hydrogens (tertiary/aromatic N) is 6. The Morgan fingerprint density at radius 3 is 2.09 bits per heavy atom. The molecule has 9 heteroatoms. The van der Waals surface area contributed by atoms with Gasteiger partial charge in [-0.15, -0.1) is 0 Å². The Bertz CT molecular complexity index is 1050. The SMILES string of the molecule is COc1ccc(Nc2nc(N3CCOCC3)nc(N3CCN(Cc4ccccc4)CC3)n2)cc1. The summed E-state index contributed by atoms with van der Waals surface area (Å²) in [4.78, 5) is 21.3. The largest absolute Gasteiger partial charge is 0.497 e. The Kier molecular flexibility index (Phi) is 7.02. The number of rotatable bonds is 7. The van der Waals surface area contributed by atoms with Gasteiger partial charge in [0.2, 0.25) is 17.8 Å². The summed E-state index contributed by atoms with van der Waals surface area (Å²) in [6, 6.07) is 18.4. The van der Waals surface area contributed by atoms with E-state index >= 15 is 0 Å². The molecule has 0 atom stereocenters. The summed E-state index contributed by atoms with van der Waals surface area (Å²) in [7, 11) is 1.66. The number of aromatic nitrogens is 3. The van der Waals surface area contributed by atoms with Crippen molar-refractivity contribution < 1.29 is 9.47 Å². The maximum absolute atomic E-state index is 5.52. The topological polar surface area (TPSA) is 78.9 Å². The average Bonchev–Trinajstić information content (AvgIpc) is 2.90. The van der Waals surface area contributed by atoms with Crippen LogP contribution in [0.15, 0.2) is 54.6 Å². The van der Waals surface area contributed by atoms with Gasteiger partial charge in [-0.25, -0.2) is 0 Å². The van der Waals surface area contributed by atoms with Crippen LogP contribution in [-0.4, -0.2) is 79.4 Å². The molecular weight excluding hydrogens is 430 g/mol. The van der Waals surface area contributed by atoms with Gasteiger partial charge in [0.05, 0.1) is 20.3 Å². The van der Waals surface area contributed by atoms with Crippen molar-refractivity contribution in [3.63, 3.8) is 0 Å². The van der Waals surface area contributed by atoms with Crippen molar-refractivity contribution in [3.05, 3.63) is 60.2 Å². The fourth-order valence-corrected chi connectivity index (χ4v) is 4.21. The fraction of sp³-hybridized carbons (Fsp3) is 0.400. The molecule has 0 saturated carbocycles. The van der Waals surface area contributed by atoms with E-state index in [0.717, 1.165) is 57.3 Å². The molecule has 0 radical (unpaired) electrons. The van der Waals surface area contributed by atoms with Crippen molar-refractivity contribution in [3.8, 4) is 5.75 Å². The Balaban J connectivity index is 1.32. The van der Waals surface area contributed by atoms with Crippen molar-refractivity contribution in [2.24, 2.45) is 0 Å². The molecule has 34 heavy (non-hydrogen) atoms. The van der Waals surface area contributed by atoms with Gasteiger partial charge in [0.15, 0.2) is 0 Å². The summed E-state index contributed by atoms with van der Waals surface area (Å²) < 4.78 is 10.8. The maximum atomic E-state index is 5.52. The third-order valence-electron chi connectivity index (χ3n) is 6.16. The van der Waals surface area contributed by atoms with Crippen LogP contribution >= 0.6 is 0 Å². The Hall–Kier alpha value is -3.43. The van der Waals surface area contributed by atoms with E-state index < -0.39 is 0 Å². The smallest absolute Gasteiger partial charge is 0.233 e. The highest BCUT2D eigenvalue weighted by atomic mass is 16.5. The second-order valence-electron chi connectivity index (χ2n) is 8.46. The molecule has 2 saturated heterocycles. The minimum absolute atomic E-state index is 0.545. The summed E-state index contributed by atoms with van der Waals surface area (Å²) in [6.45, 7) is 7.56. The molecule has 3 heterocycles.